The van der Waals surface area contributed by atoms with Crippen molar-refractivity contribution in [2.45, 2.75) is 31.2 Å². The topological polar surface area (TPSA) is 29.1 Å². The molecule has 0 aliphatic heterocycles. The number of benzene rings is 1. The van der Waals surface area contributed by atoms with Gasteiger partial charge in [-0.15, -0.1) is 0 Å². The number of nitrogens with one attached hydrogen (secondary N) is 1. The van der Waals surface area contributed by atoms with E-state index in [1.807, 2.05) is 0 Å². The molecule has 92 valence electrons. The van der Waals surface area contributed by atoms with Crippen LogP contribution in [0.25, 0.3) is 0 Å². The molecule has 17 heavy (non-hydrogen) atoms. The minimum atomic E-state index is -0.465. The van der Waals surface area contributed by atoms with Crippen LogP contribution in [0.2, 0.25) is 0 Å². The van der Waals surface area contributed by atoms with Gasteiger partial charge in [-0.1, -0.05) is 40.9 Å². The molecule has 1 aromatic rings. The van der Waals surface area contributed by atoms with E-state index in [4.69, 9.17) is 0 Å². The zero-order valence-corrected chi connectivity index (χ0v) is 11.1. The summed E-state index contributed by atoms with van der Waals surface area (Å²) >= 11 is 3.44. The highest BCUT2D eigenvalue weighted by Gasteiger charge is 2.34. The summed E-state index contributed by atoms with van der Waals surface area (Å²) in [6, 6.07) is 6.08. The third kappa shape index (κ3) is 2.68. The molecule has 0 spiro atoms. The monoisotopic (exact) mass is 299 g/mol. The molecule has 1 saturated carbocycles. The lowest BCUT2D eigenvalue weighted by atomic mass is 10.00. The molecule has 0 aromatic heterocycles. The average Bonchev–Trinajstić information content (AvgIpc) is 2.79. The summed E-state index contributed by atoms with van der Waals surface area (Å²) < 4.78 is 13.5. The second-order valence-corrected chi connectivity index (χ2v) is 5.12. The van der Waals surface area contributed by atoms with Crippen molar-refractivity contribution < 1.29 is 9.18 Å². The number of hydrogen-bond donors (Lipinski definition) is 1. The molecule has 1 fully saturated rings. The van der Waals surface area contributed by atoms with Gasteiger partial charge in [0.25, 0.3) is 5.91 Å². The molecule has 4 heteroatoms. The molecule has 1 aliphatic rings. The van der Waals surface area contributed by atoms with Crippen LogP contribution in [-0.4, -0.2) is 16.8 Å². The summed E-state index contributed by atoms with van der Waals surface area (Å²) in [6.07, 6.45) is 4.14. The van der Waals surface area contributed by atoms with Gasteiger partial charge in [-0.25, -0.2) is 4.39 Å². The fraction of sp³-hybridized carbons (Fsp3) is 0.462. The Hall–Kier alpha value is -0.900. The van der Waals surface area contributed by atoms with Gasteiger partial charge in [0.1, 0.15) is 5.82 Å². The number of amides is 1. The summed E-state index contributed by atoms with van der Waals surface area (Å²) in [7, 11) is 0. The van der Waals surface area contributed by atoms with E-state index in [0.29, 0.717) is 0 Å². The van der Waals surface area contributed by atoms with Gasteiger partial charge >= 0.3 is 0 Å². The number of hydrogen-bond acceptors (Lipinski definition) is 1. The first-order valence-corrected chi connectivity index (χ1v) is 6.92. The van der Waals surface area contributed by atoms with E-state index in [-0.39, 0.29) is 17.0 Å². The van der Waals surface area contributed by atoms with Crippen LogP contribution in [0, 0.1) is 5.82 Å². The van der Waals surface area contributed by atoms with Gasteiger partial charge in [-0.2, -0.15) is 0 Å². The molecule has 0 bridgehead atoms. The fourth-order valence-corrected chi connectivity index (χ4v) is 3.00. The first kappa shape index (κ1) is 12.6. The molecule has 0 unspecified atom stereocenters. The van der Waals surface area contributed by atoms with Gasteiger partial charge in [-0.05, 0) is 25.0 Å². The van der Waals surface area contributed by atoms with Crippen LogP contribution in [0.4, 0.5) is 4.39 Å². The molecule has 0 atom stereocenters. The van der Waals surface area contributed by atoms with E-state index < -0.39 is 5.82 Å². The minimum absolute atomic E-state index is 0.125. The second-order valence-electron chi connectivity index (χ2n) is 4.56. The molecule has 0 heterocycles. The van der Waals surface area contributed by atoms with E-state index in [1.54, 1.807) is 12.1 Å². The smallest absolute Gasteiger partial charge is 0.254 e. The van der Waals surface area contributed by atoms with E-state index in [0.717, 1.165) is 31.0 Å². The highest BCUT2D eigenvalue weighted by atomic mass is 79.9. The average molecular weight is 300 g/mol. The van der Waals surface area contributed by atoms with Crippen molar-refractivity contribution in [1.82, 2.24) is 5.32 Å². The molecular formula is C13H15BrFNO. The Bertz CT molecular complexity index is 416. The number of alkyl halides is 1. The molecule has 1 amide bonds. The standard InChI is InChI=1S/C13H15BrFNO/c14-9-13(7-3-4-8-13)16-12(17)10-5-1-2-6-11(10)15/h1-2,5-6H,3-4,7-9H2,(H,16,17). The van der Waals surface area contributed by atoms with Crippen LogP contribution in [0.5, 0.6) is 0 Å². The Morgan fingerprint density at radius 3 is 2.59 bits per heavy atom. The molecular weight excluding hydrogens is 285 g/mol. The van der Waals surface area contributed by atoms with E-state index in [9.17, 15) is 9.18 Å². The number of rotatable bonds is 3. The molecule has 2 nitrogen and oxygen atoms in total. The third-order valence-corrected chi connectivity index (χ3v) is 4.39. The summed E-state index contributed by atoms with van der Waals surface area (Å²) in [5.41, 5.74) is -0.0703. The largest absolute Gasteiger partial charge is 0.346 e. The normalized spacial score (nSPS) is 18.0. The predicted octanol–water partition coefficient (Wildman–Crippen LogP) is 3.26. The first-order valence-electron chi connectivity index (χ1n) is 5.80. The molecule has 1 aromatic carbocycles. The zero-order valence-electron chi connectivity index (χ0n) is 9.51. The van der Waals surface area contributed by atoms with Crippen LogP contribution in [0.1, 0.15) is 36.0 Å². The predicted molar refractivity (Wildman–Crippen MR) is 68.9 cm³/mol. The van der Waals surface area contributed by atoms with Gasteiger partial charge in [0.05, 0.1) is 11.1 Å². The van der Waals surface area contributed by atoms with Crippen molar-refractivity contribution in [2.24, 2.45) is 0 Å². The number of halogens is 2. The summed E-state index contributed by atoms with van der Waals surface area (Å²) in [6.45, 7) is 0. The van der Waals surface area contributed by atoms with Crippen LogP contribution in [-0.2, 0) is 0 Å². The van der Waals surface area contributed by atoms with Crippen molar-refractivity contribution in [1.29, 1.82) is 0 Å². The Kier molecular flexibility index (Phi) is 3.82. The lowest BCUT2D eigenvalue weighted by Gasteiger charge is -2.28. The maximum atomic E-state index is 13.5. The highest BCUT2D eigenvalue weighted by molar-refractivity contribution is 9.09. The van der Waals surface area contributed by atoms with Gasteiger partial charge in [-0.3, -0.25) is 4.79 Å². The van der Waals surface area contributed by atoms with E-state index in [2.05, 4.69) is 21.2 Å². The fourth-order valence-electron chi connectivity index (χ4n) is 2.30. The lowest BCUT2D eigenvalue weighted by molar-refractivity contribution is 0.0906. The molecule has 1 aliphatic carbocycles. The SMILES string of the molecule is O=C(NC1(CBr)CCCC1)c1ccccc1F. The van der Waals surface area contributed by atoms with Crippen molar-refractivity contribution in [3.8, 4) is 0 Å². The Morgan fingerprint density at radius 1 is 1.35 bits per heavy atom. The number of carbonyl (C=O) groups is 1. The Labute approximate surface area is 109 Å². The van der Waals surface area contributed by atoms with Crippen molar-refractivity contribution >= 4 is 21.8 Å². The number of carbonyl (C=O) groups excluding carboxylic acids is 1. The van der Waals surface area contributed by atoms with E-state index >= 15 is 0 Å². The summed E-state index contributed by atoms with van der Waals surface area (Å²) in [5.74, 6) is -0.780. The Morgan fingerprint density at radius 2 is 2.00 bits per heavy atom. The molecule has 2 rings (SSSR count). The van der Waals surface area contributed by atoms with Crippen molar-refractivity contribution in [3.63, 3.8) is 0 Å². The maximum absolute atomic E-state index is 13.5. The summed E-state index contributed by atoms with van der Waals surface area (Å²) in [4.78, 5) is 12.0. The second kappa shape index (κ2) is 5.17. The van der Waals surface area contributed by atoms with Crippen molar-refractivity contribution in [3.05, 3.63) is 35.6 Å². The molecule has 0 saturated heterocycles. The van der Waals surface area contributed by atoms with Crippen LogP contribution in [0.15, 0.2) is 24.3 Å². The maximum Gasteiger partial charge on any atom is 0.254 e. The van der Waals surface area contributed by atoms with Crippen molar-refractivity contribution in [2.75, 3.05) is 5.33 Å². The van der Waals surface area contributed by atoms with Gasteiger partial charge in [0.15, 0.2) is 0 Å². The summed E-state index contributed by atoms with van der Waals surface area (Å²) in [5, 5.41) is 3.70. The Balaban J connectivity index is 2.14. The quantitative estimate of drug-likeness (QED) is 0.853. The third-order valence-electron chi connectivity index (χ3n) is 3.31. The molecule has 1 N–H and O–H groups in total. The van der Waals surface area contributed by atoms with Crippen LogP contribution >= 0.6 is 15.9 Å². The van der Waals surface area contributed by atoms with Gasteiger partial charge in [0, 0.05) is 5.33 Å². The van der Waals surface area contributed by atoms with Crippen LogP contribution in [0.3, 0.4) is 0 Å². The molecule has 0 radical (unpaired) electrons. The van der Waals surface area contributed by atoms with Crippen LogP contribution < -0.4 is 5.32 Å². The minimum Gasteiger partial charge on any atom is -0.346 e. The van der Waals surface area contributed by atoms with Gasteiger partial charge < -0.3 is 5.32 Å². The first-order chi connectivity index (χ1) is 8.17. The zero-order chi connectivity index (χ0) is 12.3. The van der Waals surface area contributed by atoms with E-state index in [1.165, 1.54) is 12.1 Å². The van der Waals surface area contributed by atoms with Gasteiger partial charge in [0.2, 0.25) is 0 Å². The highest BCUT2D eigenvalue weighted by Crippen LogP contribution is 2.31. The lowest BCUT2D eigenvalue weighted by Crippen LogP contribution is -2.48.